The quantitative estimate of drug-likeness (QED) is 0.382. The molecule has 0 aromatic rings. The topological polar surface area (TPSA) is 24.5 Å². The first kappa shape index (κ1) is 21.6. The van der Waals surface area contributed by atoms with E-state index < -0.39 is 35.2 Å². The van der Waals surface area contributed by atoms with Crippen LogP contribution < -0.4 is 4.72 Å². The molecule has 0 radical (unpaired) electrons. The van der Waals surface area contributed by atoms with E-state index in [0.717, 1.165) is 0 Å². The van der Waals surface area contributed by atoms with Crippen LogP contribution in [0.5, 0.6) is 0 Å². The largest absolute Gasteiger partial charge is 0.459 e. The molecule has 0 bridgehead atoms. The third-order valence-corrected chi connectivity index (χ3v) is 3.19. The van der Waals surface area contributed by atoms with Crippen molar-refractivity contribution in [3.05, 3.63) is 0 Å². The summed E-state index contributed by atoms with van der Waals surface area (Å²) in [5.41, 5.74) is 0. The maximum atomic E-state index is 13.3. The van der Waals surface area contributed by atoms with Gasteiger partial charge < -0.3 is 4.90 Å². The van der Waals surface area contributed by atoms with E-state index in [-0.39, 0.29) is 13.0 Å². The molecule has 1 N–H and O–H groups in total. The molecule has 134 valence electrons. The van der Waals surface area contributed by atoms with E-state index in [4.69, 9.17) is 0 Å². The average Bonchev–Trinajstić information content (AvgIpc) is 2.34. The van der Waals surface area contributed by atoms with Crippen LogP contribution in [-0.2, 0) is 4.94 Å². The highest BCUT2D eigenvalue weighted by atomic mass is 32.2. The summed E-state index contributed by atoms with van der Waals surface area (Å²) >= 11 is -1.12. The second-order valence-electron chi connectivity index (χ2n) is 4.41. The first-order valence-corrected chi connectivity index (χ1v) is 6.41. The van der Waals surface area contributed by atoms with Gasteiger partial charge in [0.1, 0.15) is 0 Å². The van der Waals surface area contributed by atoms with Gasteiger partial charge in [-0.2, -0.15) is 35.1 Å². The molecule has 0 spiro atoms. The zero-order chi connectivity index (χ0) is 17.8. The Morgan fingerprint density at radius 2 is 1.50 bits per heavy atom. The molecule has 0 amide bonds. The normalized spacial score (nSPS) is 16.9. The van der Waals surface area contributed by atoms with Crippen LogP contribution in [0.25, 0.3) is 0 Å². The fourth-order valence-electron chi connectivity index (χ4n) is 1.13. The Labute approximate surface area is 124 Å². The van der Waals surface area contributed by atoms with E-state index in [2.05, 4.69) is 0 Å². The van der Waals surface area contributed by atoms with Crippen molar-refractivity contribution in [3.8, 4) is 0 Å². The molecule has 13 heteroatoms. The summed E-state index contributed by atoms with van der Waals surface area (Å²) in [5.74, 6) is -13.0. The number of halogens is 9. The molecular weight excluding hydrogens is 355 g/mol. The van der Waals surface area contributed by atoms with Gasteiger partial charge in [0, 0.05) is 18.5 Å². The number of hydrogen-bond donors (Lipinski definition) is 1. The van der Waals surface area contributed by atoms with Gasteiger partial charge in [0.05, 0.1) is 0 Å². The Morgan fingerprint density at radius 3 is 1.86 bits per heavy atom. The van der Waals surface area contributed by atoms with Gasteiger partial charge in [-0.1, -0.05) is 0 Å². The summed E-state index contributed by atoms with van der Waals surface area (Å²) in [4.78, 5) is 3.36. The monoisotopic (exact) mass is 368 g/mol. The highest BCUT2D eigenvalue weighted by Crippen LogP contribution is 2.55. The Bertz CT molecular complexity index is 352. The lowest BCUT2D eigenvalue weighted by Crippen LogP contribution is -2.63. The summed E-state index contributed by atoms with van der Waals surface area (Å²) in [6.07, 6.45) is -6.58. The minimum absolute atomic E-state index is 0.196. The summed E-state index contributed by atoms with van der Waals surface area (Å²) in [6.45, 7) is 0.0939. The van der Waals surface area contributed by atoms with Crippen LogP contribution in [-0.4, -0.2) is 55.3 Å². The minimum atomic E-state index is -6.78. The second-order valence-corrected chi connectivity index (χ2v) is 5.42. The van der Waals surface area contributed by atoms with Crippen LogP contribution in [0.1, 0.15) is 6.42 Å². The molecule has 0 fully saturated rings. The van der Waals surface area contributed by atoms with Crippen LogP contribution in [0.3, 0.4) is 0 Å². The lowest BCUT2D eigenvalue weighted by atomic mass is 10.1. The summed E-state index contributed by atoms with van der Waals surface area (Å²) in [7, 11) is 3.27. The van der Waals surface area contributed by atoms with E-state index in [0.29, 0.717) is 6.54 Å². The first-order valence-electron chi connectivity index (χ1n) is 5.59. The average molecular weight is 368 g/mol. The van der Waals surface area contributed by atoms with Gasteiger partial charge in [0.15, 0.2) is 0 Å². The highest BCUT2D eigenvalue weighted by molar-refractivity contribution is 7.98. The first-order chi connectivity index (χ1) is 9.73. The highest BCUT2D eigenvalue weighted by Gasteiger charge is 2.83. The van der Waals surface area contributed by atoms with Crippen LogP contribution in [0.15, 0.2) is 0 Å². The van der Waals surface area contributed by atoms with Crippen molar-refractivity contribution in [2.45, 2.75) is 29.6 Å². The number of rotatable bonds is 9. The molecule has 0 rings (SSSR count). The fraction of sp³-hybridized carbons (Fsp3) is 1.00. The molecule has 0 heterocycles. The summed E-state index contributed by atoms with van der Waals surface area (Å²) in [6, 6.07) is 0. The minimum Gasteiger partial charge on any atom is -0.309 e. The van der Waals surface area contributed by atoms with Crippen LogP contribution in [0, 0.1) is 0 Å². The van der Waals surface area contributed by atoms with Crippen molar-refractivity contribution >= 4 is 11.9 Å². The van der Waals surface area contributed by atoms with E-state index in [1.807, 2.05) is 0 Å². The molecule has 0 saturated carbocycles. The third-order valence-electron chi connectivity index (χ3n) is 2.33. The van der Waals surface area contributed by atoms with Crippen molar-refractivity contribution in [2.24, 2.45) is 0 Å². The van der Waals surface area contributed by atoms with E-state index in [1.165, 1.54) is 0 Å². The lowest BCUT2D eigenvalue weighted by molar-refractivity contribution is -0.457. The van der Waals surface area contributed by atoms with Gasteiger partial charge in [-0.25, -0.2) is 0 Å². The van der Waals surface area contributed by atoms with Gasteiger partial charge in [-0.15, -0.1) is 4.94 Å². The number of alkyl halides is 8. The Hall–Kier alpha value is -0.400. The zero-order valence-electron chi connectivity index (χ0n) is 11.3. The molecule has 0 aliphatic heterocycles. The van der Waals surface area contributed by atoms with E-state index in [9.17, 15) is 39.6 Å². The Balaban J connectivity index is 4.96. The van der Waals surface area contributed by atoms with Gasteiger partial charge in [-0.3, -0.25) is 4.72 Å². The number of hydrogen-bond acceptors (Lipinski definition) is 4. The molecule has 0 aromatic heterocycles. The predicted octanol–water partition coefficient (Wildman–Crippen LogP) is 3.53. The SMILES string of the molecule is CN(C)CCCNSC(F)(F)C(F)(OF)C(F)(F)C(F)(F)F. The van der Waals surface area contributed by atoms with Gasteiger partial charge in [0.2, 0.25) is 0 Å². The van der Waals surface area contributed by atoms with Crippen molar-refractivity contribution < 1.29 is 44.6 Å². The maximum absolute atomic E-state index is 13.3. The standard InChI is InChI=1S/C9H13F9N2OS/c1-20(2)5-3-4-19-22-9(16,17)7(12,21-18)6(10,11)8(13,14)15/h19H,3-5H2,1-2H3. The smallest absolute Gasteiger partial charge is 0.309 e. The molecule has 0 saturated heterocycles. The van der Waals surface area contributed by atoms with E-state index in [1.54, 1.807) is 28.7 Å². The van der Waals surface area contributed by atoms with Crippen LogP contribution in [0.2, 0.25) is 0 Å². The van der Waals surface area contributed by atoms with Crippen molar-refractivity contribution in [1.29, 1.82) is 0 Å². The Morgan fingerprint density at radius 1 is 1.00 bits per heavy atom. The van der Waals surface area contributed by atoms with Crippen molar-refractivity contribution in [3.63, 3.8) is 0 Å². The third kappa shape index (κ3) is 4.55. The van der Waals surface area contributed by atoms with Crippen LogP contribution in [0.4, 0.5) is 39.6 Å². The molecule has 0 aliphatic carbocycles. The molecular formula is C9H13F9N2OS. The molecule has 1 unspecified atom stereocenters. The van der Waals surface area contributed by atoms with Crippen molar-refractivity contribution in [2.75, 3.05) is 27.2 Å². The molecule has 1 atom stereocenters. The fourth-order valence-corrected chi connectivity index (χ4v) is 1.85. The molecule has 0 aromatic carbocycles. The summed E-state index contributed by atoms with van der Waals surface area (Å²) in [5, 5.41) is -5.56. The second kappa shape index (κ2) is 7.45. The number of nitrogens with one attached hydrogen (secondary N) is 1. The van der Waals surface area contributed by atoms with Crippen molar-refractivity contribution in [1.82, 2.24) is 9.62 Å². The predicted molar refractivity (Wildman–Crippen MR) is 60.7 cm³/mol. The van der Waals surface area contributed by atoms with Gasteiger partial charge in [0.25, 0.3) is 0 Å². The molecule has 3 nitrogen and oxygen atoms in total. The number of nitrogens with zero attached hydrogens (tertiary/aromatic N) is 1. The van der Waals surface area contributed by atoms with Gasteiger partial charge in [-0.05, 0) is 31.6 Å². The Kier molecular flexibility index (Phi) is 7.31. The van der Waals surface area contributed by atoms with Gasteiger partial charge >= 0.3 is 23.2 Å². The lowest BCUT2D eigenvalue weighted by Gasteiger charge is -2.35. The molecule has 22 heavy (non-hydrogen) atoms. The maximum Gasteiger partial charge on any atom is 0.459 e. The molecule has 0 aliphatic rings. The van der Waals surface area contributed by atoms with E-state index >= 15 is 0 Å². The summed E-state index contributed by atoms with van der Waals surface area (Å²) < 4.78 is 115. The van der Waals surface area contributed by atoms with Crippen LogP contribution >= 0.6 is 11.9 Å². The zero-order valence-corrected chi connectivity index (χ0v) is 12.1.